The second kappa shape index (κ2) is 12.6. The minimum Gasteiger partial charge on any atom is -0.368 e. The molecule has 3 N–H and O–H groups in total. The molecule has 7 nitrogen and oxygen atoms in total. The van der Waals surface area contributed by atoms with Crippen molar-refractivity contribution in [2.45, 2.75) is 35.4 Å². The molecule has 1 saturated carbocycles. The van der Waals surface area contributed by atoms with Gasteiger partial charge in [-0.05, 0) is 60.9 Å². The Labute approximate surface area is 276 Å². The van der Waals surface area contributed by atoms with Crippen molar-refractivity contribution in [3.63, 3.8) is 0 Å². The molecule has 1 saturated heterocycles. The van der Waals surface area contributed by atoms with E-state index in [-0.39, 0.29) is 26.1 Å². The molecule has 16 heteroatoms. The molecule has 3 amide bonds. The lowest BCUT2D eigenvalue weighted by atomic mass is 10.0. The molecule has 244 valence electrons. The van der Waals surface area contributed by atoms with Crippen LogP contribution in [0.4, 0.5) is 39.0 Å². The molecule has 0 aromatic heterocycles. The van der Waals surface area contributed by atoms with E-state index in [2.05, 4.69) is 16.0 Å². The van der Waals surface area contributed by atoms with Gasteiger partial charge < -0.3 is 20.7 Å². The number of nitrogens with one attached hydrogen (secondary N) is 3. The lowest BCUT2D eigenvalue weighted by Crippen LogP contribution is -2.28. The quantitative estimate of drug-likeness (QED) is 0.168. The lowest BCUT2D eigenvalue weighted by molar-refractivity contribution is -0.137. The lowest BCUT2D eigenvalue weighted by Gasteiger charge is -2.15. The third kappa shape index (κ3) is 6.85. The van der Waals surface area contributed by atoms with E-state index in [0.29, 0.717) is 19.4 Å². The van der Waals surface area contributed by atoms with Crippen molar-refractivity contribution < 1.29 is 45.4 Å². The zero-order valence-corrected chi connectivity index (χ0v) is 25.5. The van der Waals surface area contributed by atoms with Gasteiger partial charge in [-0.25, -0.2) is 8.78 Å². The molecule has 3 aromatic carbocycles. The van der Waals surface area contributed by atoms with Crippen LogP contribution in [-0.2, 0) is 20.5 Å². The number of carbonyl (C=O) groups is 3. The predicted molar refractivity (Wildman–Crippen MR) is 165 cm³/mol. The summed E-state index contributed by atoms with van der Waals surface area (Å²) in [6.45, 7) is 0.338. The predicted octanol–water partition coefficient (Wildman–Crippen LogP) is 8.92. The van der Waals surface area contributed by atoms with E-state index in [1.807, 2.05) is 0 Å². The van der Waals surface area contributed by atoms with E-state index in [0.717, 1.165) is 30.3 Å². The molecular weight excluding hydrogens is 691 g/mol. The number of ether oxygens (including phenoxy) is 1. The van der Waals surface area contributed by atoms with Crippen molar-refractivity contribution in [2.24, 2.45) is 5.92 Å². The first-order chi connectivity index (χ1) is 21.1. The monoisotopic (exact) mass is 715 g/mol. The van der Waals surface area contributed by atoms with Crippen molar-refractivity contribution in [1.29, 1.82) is 0 Å². The highest BCUT2D eigenvalue weighted by Crippen LogP contribution is 2.65. The summed E-state index contributed by atoms with van der Waals surface area (Å²) in [7, 11) is 0. The number of amides is 3. The number of halogens is 9. The molecule has 1 aliphatic heterocycles. The van der Waals surface area contributed by atoms with Gasteiger partial charge in [0.05, 0.1) is 32.8 Å². The highest BCUT2D eigenvalue weighted by molar-refractivity contribution is 6.53. The third-order valence-electron chi connectivity index (χ3n) is 7.28. The van der Waals surface area contributed by atoms with Crippen molar-refractivity contribution in [2.75, 3.05) is 22.6 Å². The van der Waals surface area contributed by atoms with E-state index in [1.165, 1.54) is 18.2 Å². The number of rotatable bonds is 7. The number of benzene rings is 3. The van der Waals surface area contributed by atoms with Crippen LogP contribution in [0.15, 0.2) is 48.5 Å². The Morgan fingerprint density at radius 1 is 0.911 bits per heavy atom. The molecule has 1 heterocycles. The summed E-state index contributed by atoms with van der Waals surface area (Å²) in [5.74, 6) is -6.98. The smallest absolute Gasteiger partial charge is 0.368 e. The molecule has 3 atom stereocenters. The zero-order chi connectivity index (χ0) is 32.8. The first kappa shape index (κ1) is 33.2. The summed E-state index contributed by atoms with van der Waals surface area (Å²) in [5.41, 5.74) is -2.54. The molecule has 2 fully saturated rings. The normalized spacial score (nSPS) is 20.4. The van der Waals surface area contributed by atoms with Crippen molar-refractivity contribution in [3.8, 4) is 0 Å². The van der Waals surface area contributed by atoms with Gasteiger partial charge in [0.15, 0.2) is 5.82 Å². The van der Waals surface area contributed by atoms with E-state index >= 15 is 4.39 Å². The molecule has 0 bridgehead atoms. The number of carbonyl (C=O) groups excluding carboxylic acids is 3. The number of hydrogen-bond donors (Lipinski definition) is 3. The van der Waals surface area contributed by atoms with E-state index in [4.69, 9.17) is 51.1 Å². The van der Waals surface area contributed by atoms with Gasteiger partial charge in [-0.2, -0.15) is 13.2 Å². The van der Waals surface area contributed by atoms with Gasteiger partial charge in [0.2, 0.25) is 5.91 Å². The summed E-state index contributed by atoms with van der Waals surface area (Å²) in [5, 5.41) is 6.26. The van der Waals surface area contributed by atoms with Crippen molar-refractivity contribution in [1.82, 2.24) is 0 Å². The fourth-order valence-electron chi connectivity index (χ4n) is 4.96. The molecular formula is C29H26Cl4F5N3O4. The fraction of sp³-hybridized carbons (Fsp3) is 0.276. The Balaban J connectivity index is 0.00000267. The average Bonchev–Trinajstić information content (AvgIpc) is 3.27. The second-order valence-electron chi connectivity index (χ2n) is 10.3. The second-order valence-corrected chi connectivity index (χ2v) is 12.5. The van der Waals surface area contributed by atoms with Crippen LogP contribution in [0.1, 0.15) is 44.5 Å². The Bertz CT molecular complexity index is 1720. The number of anilines is 3. The van der Waals surface area contributed by atoms with Crippen LogP contribution >= 0.6 is 46.4 Å². The van der Waals surface area contributed by atoms with Gasteiger partial charge in [-0.15, -0.1) is 23.2 Å². The highest BCUT2D eigenvalue weighted by Gasteiger charge is 2.67. The van der Waals surface area contributed by atoms with Gasteiger partial charge in [0.1, 0.15) is 21.9 Å². The first-order valence-electron chi connectivity index (χ1n) is 13.2. The average molecular weight is 717 g/mol. The third-order valence-corrected chi connectivity index (χ3v) is 8.88. The molecule has 0 spiro atoms. The highest BCUT2D eigenvalue weighted by atomic mass is 35.5. The van der Waals surface area contributed by atoms with E-state index in [1.54, 1.807) is 0 Å². The Morgan fingerprint density at radius 2 is 1.62 bits per heavy atom. The summed E-state index contributed by atoms with van der Waals surface area (Å²) in [6, 6.07) is 8.63. The standard InChI is InChI=1S/C29H20Cl4F5N3O4.3H2/c30-16-6-4-13(39-27(44)22-21(28(22,32)33)12-3-5-17(31)15(10-12)29(36,37)38)11-14(16)25(42)40-19-8-7-18(34)24(23(19)35)41-26(43)20-2-1-9-45-20;;;/h3-8,10-11,20-22H,1-2,9H2,(H,39,44)(H,40,42)(H,41,43);3*1H/t20?,21-,22+;;;/m0.../s1. The van der Waals surface area contributed by atoms with Crippen LogP contribution in [-0.4, -0.2) is 34.8 Å². The minimum atomic E-state index is -4.75. The zero-order valence-electron chi connectivity index (χ0n) is 22.5. The van der Waals surface area contributed by atoms with Gasteiger partial charge >= 0.3 is 6.18 Å². The molecule has 0 radical (unpaired) electrons. The molecule has 3 aromatic rings. The summed E-state index contributed by atoms with van der Waals surface area (Å²) >= 11 is 24.4. The van der Waals surface area contributed by atoms with Crippen molar-refractivity contribution in [3.05, 3.63) is 86.9 Å². The fourth-order valence-corrected chi connectivity index (χ4v) is 6.22. The Kier molecular flexibility index (Phi) is 9.27. The van der Waals surface area contributed by atoms with Crippen LogP contribution in [0, 0.1) is 17.6 Å². The van der Waals surface area contributed by atoms with Gasteiger partial charge in [0.25, 0.3) is 11.8 Å². The number of hydrogen-bond acceptors (Lipinski definition) is 4. The maximum absolute atomic E-state index is 15.2. The van der Waals surface area contributed by atoms with Crippen LogP contribution in [0.5, 0.6) is 0 Å². The molecule has 5 rings (SSSR count). The number of alkyl halides is 5. The van der Waals surface area contributed by atoms with Gasteiger partial charge in [-0.3, -0.25) is 14.4 Å². The van der Waals surface area contributed by atoms with Crippen molar-refractivity contribution >= 4 is 81.2 Å². The Morgan fingerprint density at radius 3 is 2.29 bits per heavy atom. The van der Waals surface area contributed by atoms with E-state index < -0.39 is 79.8 Å². The van der Waals surface area contributed by atoms with Crippen LogP contribution < -0.4 is 16.0 Å². The maximum atomic E-state index is 15.2. The van der Waals surface area contributed by atoms with Crippen LogP contribution in [0.25, 0.3) is 0 Å². The SMILES string of the molecule is O=C(Nc1ccc(F)c(NC(=O)C2CCCO2)c1F)c1cc(NC(=O)[C@H]2[C@H](c3ccc(Cl)c(C(F)(F)F)c3)C2(Cl)Cl)ccc1Cl.[HH].[HH].[HH]. The van der Waals surface area contributed by atoms with Gasteiger partial charge in [0, 0.05) is 22.5 Å². The van der Waals surface area contributed by atoms with Crippen LogP contribution in [0.2, 0.25) is 10.0 Å². The summed E-state index contributed by atoms with van der Waals surface area (Å²) in [4.78, 5) is 38.5. The molecule has 1 aliphatic carbocycles. The molecule has 1 unspecified atom stereocenters. The summed E-state index contributed by atoms with van der Waals surface area (Å²) < 4.78 is 73.1. The molecule has 2 aliphatic rings. The maximum Gasteiger partial charge on any atom is 0.417 e. The Hall–Kier alpha value is -3.16. The largest absolute Gasteiger partial charge is 0.417 e. The molecule has 45 heavy (non-hydrogen) atoms. The first-order valence-corrected chi connectivity index (χ1v) is 14.7. The van der Waals surface area contributed by atoms with Gasteiger partial charge in [-0.1, -0.05) is 29.3 Å². The topological polar surface area (TPSA) is 96.5 Å². The minimum absolute atomic E-state index is 0. The van der Waals surface area contributed by atoms with E-state index in [9.17, 15) is 31.9 Å². The van der Waals surface area contributed by atoms with Crippen LogP contribution in [0.3, 0.4) is 0 Å². The summed E-state index contributed by atoms with van der Waals surface area (Å²) in [6.07, 6.45) is -4.62.